The van der Waals surface area contributed by atoms with Crippen LogP contribution in [0.3, 0.4) is 0 Å². The van der Waals surface area contributed by atoms with Gasteiger partial charge in [0.25, 0.3) is 0 Å². The zero-order valence-corrected chi connectivity index (χ0v) is 10.3. The van der Waals surface area contributed by atoms with E-state index in [2.05, 4.69) is 21.2 Å². The zero-order chi connectivity index (χ0) is 11.1. The Labute approximate surface area is 101 Å². The number of amides is 1. The van der Waals surface area contributed by atoms with Crippen LogP contribution in [0.2, 0.25) is 0 Å². The van der Waals surface area contributed by atoms with E-state index in [-0.39, 0.29) is 5.91 Å². The largest absolute Gasteiger partial charge is 0.324 e. The smallest absolute Gasteiger partial charge is 0.234 e. The van der Waals surface area contributed by atoms with Crippen molar-refractivity contribution in [2.45, 2.75) is 0 Å². The Kier molecular flexibility index (Phi) is 5.22. The highest BCUT2D eigenvalue weighted by Crippen LogP contribution is 2.21. The summed E-state index contributed by atoms with van der Waals surface area (Å²) < 4.78 is 0.851. The molecular formula is C10H9BrN2OS. The van der Waals surface area contributed by atoms with E-state index in [1.54, 1.807) is 0 Å². The van der Waals surface area contributed by atoms with Gasteiger partial charge in [0.1, 0.15) is 0 Å². The van der Waals surface area contributed by atoms with Crippen molar-refractivity contribution in [2.24, 2.45) is 0 Å². The first kappa shape index (κ1) is 12.1. The lowest BCUT2D eigenvalue weighted by Gasteiger charge is -2.05. The van der Waals surface area contributed by atoms with Gasteiger partial charge in [0.2, 0.25) is 5.91 Å². The van der Waals surface area contributed by atoms with Crippen molar-refractivity contribution < 1.29 is 4.79 Å². The Morgan fingerprint density at radius 2 is 2.27 bits per heavy atom. The second-order valence-corrected chi connectivity index (χ2v) is 4.52. The van der Waals surface area contributed by atoms with Gasteiger partial charge in [-0.25, -0.2) is 0 Å². The highest BCUT2D eigenvalue weighted by molar-refractivity contribution is 9.10. The van der Waals surface area contributed by atoms with Gasteiger partial charge < -0.3 is 5.32 Å². The number of carbonyl (C=O) groups excluding carboxylic acids is 1. The quantitative estimate of drug-likeness (QED) is 0.865. The van der Waals surface area contributed by atoms with E-state index in [1.807, 2.05) is 30.3 Å². The number of rotatable bonds is 4. The maximum absolute atomic E-state index is 11.4. The van der Waals surface area contributed by atoms with Crippen LogP contribution in [-0.2, 0) is 4.79 Å². The highest BCUT2D eigenvalue weighted by Gasteiger charge is 2.04. The Morgan fingerprint density at radius 1 is 1.53 bits per heavy atom. The molecule has 0 radical (unpaired) electrons. The van der Waals surface area contributed by atoms with Crippen molar-refractivity contribution in [1.29, 1.82) is 5.26 Å². The fourth-order valence-corrected chi connectivity index (χ4v) is 1.77. The molecule has 1 aromatic rings. The third-order valence-corrected chi connectivity index (χ3v) is 3.04. The van der Waals surface area contributed by atoms with Crippen LogP contribution in [0.1, 0.15) is 0 Å². The fraction of sp³-hybridized carbons (Fsp3) is 0.200. The van der Waals surface area contributed by atoms with Crippen molar-refractivity contribution in [2.75, 3.05) is 16.8 Å². The van der Waals surface area contributed by atoms with Gasteiger partial charge in [-0.2, -0.15) is 5.26 Å². The maximum Gasteiger partial charge on any atom is 0.234 e. The summed E-state index contributed by atoms with van der Waals surface area (Å²) >= 11 is 4.63. The number of anilines is 1. The Hall–Kier alpha value is -0.990. The topological polar surface area (TPSA) is 52.9 Å². The van der Waals surface area contributed by atoms with E-state index in [4.69, 9.17) is 5.26 Å². The number of nitrogens with one attached hydrogen (secondary N) is 1. The summed E-state index contributed by atoms with van der Waals surface area (Å²) in [6, 6.07) is 9.38. The van der Waals surface area contributed by atoms with E-state index in [1.165, 1.54) is 11.8 Å². The van der Waals surface area contributed by atoms with Gasteiger partial charge in [0.05, 0.1) is 23.3 Å². The number of para-hydroxylation sites is 1. The standard InChI is InChI=1S/C10H9BrN2OS/c11-8-3-1-2-4-9(8)13-10(14)7-15-6-5-12/h1-4H,6-7H2,(H,13,14). The third-order valence-electron chi connectivity index (χ3n) is 1.55. The predicted octanol–water partition coefficient (Wildman–Crippen LogP) is 2.64. The predicted molar refractivity (Wildman–Crippen MR) is 65.7 cm³/mol. The molecule has 1 rings (SSSR count). The zero-order valence-electron chi connectivity index (χ0n) is 7.87. The second kappa shape index (κ2) is 6.49. The SMILES string of the molecule is N#CCSCC(=O)Nc1ccccc1Br. The molecule has 0 bridgehead atoms. The minimum absolute atomic E-state index is 0.0952. The van der Waals surface area contributed by atoms with Crippen LogP contribution < -0.4 is 5.32 Å². The molecule has 3 nitrogen and oxygen atoms in total. The van der Waals surface area contributed by atoms with Crippen LogP contribution in [-0.4, -0.2) is 17.4 Å². The summed E-state index contributed by atoms with van der Waals surface area (Å²) in [6.07, 6.45) is 0. The highest BCUT2D eigenvalue weighted by atomic mass is 79.9. The number of hydrogen-bond acceptors (Lipinski definition) is 3. The summed E-state index contributed by atoms with van der Waals surface area (Å²) in [5.41, 5.74) is 0.750. The van der Waals surface area contributed by atoms with Crippen LogP contribution in [0.4, 0.5) is 5.69 Å². The van der Waals surface area contributed by atoms with Gasteiger partial charge in [-0.3, -0.25) is 4.79 Å². The lowest BCUT2D eigenvalue weighted by molar-refractivity contribution is -0.113. The average Bonchev–Trinajstić information content (AvgIpc) is 2.22. The molecule has 0 aliphatic rings. The molecule has 0 saturated heterocycles. The van der Waals surface area contributed by atoms with Crippen molar-refractivity contribution in [3.63, 3.8) is 0 Å². The lowest BCUT2D eigenvalue weighted by atomic mass is 10.3. The minimum atomic E-state index is -0.0952. The van der Waals surface area contributed by atoms with E-state index < -0.39 is 0 Å². The Morgan fingerprint density at radius 3 is 2.93 bits per heavy atom. The van der Waals surface area contributed by atoms with E-state index >= 15 is 0 Å². The van der Waals surface area contributed by atoms with Gasteiger partial charge in [-0.1, -0.05) is 12.1 Å². The van der Waals surface area contributed by atoms with Crippen LogP contribution in [0.15, 0.2) is 28.7 Å². The maximum atomic E-state index is 11.4. The van der Waals surface area contributed by atoms with Gasteiger partial charge in [-0.15, -0.1) is 11.8 Å². The van der Waals surface area contributed by atoms with Gasteiger partial charge in [0.15, 0.2) is 0 Å². The summed E-state index contributed by atoms with van der Waals surface area (Å²) in [4.78, 5) is 11.4. The molecule has 0 aliphatic carbocycles. The van der Waals surface area contributed by atoms with Gasteiger partial charge in [-0.05, 0) is 28.1 Å². The van der Waals surface area contributed by atoms with Crippen molar-refractivity contribution in [3.8, 4) is 6.07 Å². The molecule has 0 spiro atoms. The lowest BCUT2D eigenvalue weighted by Crippen LogP contribution is -2.14. The second-order valence-electron chi connectivity index (χ2n) is 2.68. The molecular weight excluding hydrogens is 276 g/mol. The van der Waals surface area contributed by atoms with E-state index in [9.17, 15) is 4.79 Å². The van der Waals surface area contributed by atoms with Crippen molar-refractivity contribution in [1.82, 2.24) is 0 Å². The van der Waals surface area contributed by atoms with Gasteiger partial charge in [0, 0.05) is 4.47 Å². The first-order valence-corrected chi connectivity index (χ1v) is 6.18. The molecule has 0 aliphatic heterocycles. The molecule has 1 amide bonds. The summed E-state index contributed by atoms with van der Waals surface area (Å²) in [5.74, 6) is 0.542. The fourth-order valence-electron chi connectivity index (χ4n) is 0.938. The first-order chi connectivity index (χ1) is 7.24. The Balaban J connectivity index is 2.45. The van der Waals surface area contributed by atoms with Crippen molar-refractivity contribution in [3.05, 3.63) is 28.7 Å². The molecule has 0 unspecified atom stereocenters. The monoisotopic (exact) mass is 284 g/mol. The summed E-state index contributed by atoms with van der Waals surface area (Å²) in [7, 11) is 0. The molecule has 0 heterocycles. The number of halogens is 1. The minimum Gasteiger partial charge on any atom is -0.324 e. The van der Waals surface area contributed by atoms with Gasteiger partial charge >= 0.3 is 0 Å². The van der Waals surface area contributed by atoms with E-state index in [0.29, 0.717) is 11.5 Å². The molecule has 0 atom stereocenters. The summed E-state index contributed by atoms with van der Waals surface area (Å²) in [6.45, 7) is 0. The Bertz CT molecular complexity index is 389. The molecule has 78 valence electrons. The molecule has 1 N–H and O–H groups in total. The molecule has 5 heteroatoms. The molecule has 0 aromatic heterocycles. The van der Waals surface area contributed by atoms with Crippen LogP contribution in [0, 0.1) is 11.3 Å². The molecule has 0 saturated carbocycles. The molecule has 15 heavy (non-hydrogen) atoms. The van der Waals surface area contributed by atoms with Crippen LogP contribution in [0.25, 0.3) is 0 Å². The first-order valence-electron chi connectivity index (χ1n) is 4.23. The van der Waals surface area contributed by atoms with E-state index in [0.717, 1.165) is 10.2 Å². The summed E-state index contributed by atoms with van der Waals surface area (Å²) in [5, 5.41) is 11.1. The number of benzene rings is 1. The normalized spacial score (nSPS) is 9.33. The third kappa shape index (κ3) is 4.36. The molecule has 0 fully saturated rings. The number of nitriles is 1. The average molecular weight is 285 g/mol. The molecule has 1 aromatic carbocycles. The number of thioether (sulfide) groups is 1. The number of hydrogen-bond donors (Lipinski definition) is 1. The van der Waals surface area contributed by atoms with Crippen LogP contribution >= 0.6 is 27.7 Å². The number of nitrogens with zero attached hydrogens (tertiary/aromatic N) is 1. The van der Waals surface area contributed by atoms with Crippen molar-refractivity contribution >= 4 is 39.3 Å². The van der Waals surface area contributed by atoms with Crippen LogP contribution in [0.5, 0.6) is 0 Å². The number of carbonyl (C=O) groups is 1.